The summed E-state index contributed by atoms with van der Waals surface area (Å²) < 4.78 is 12.6. The third-order valence-electron chi connectivity index (χ3n) is 1.84. The maximum Gasteiger partial charge on any atom is 0.123 e. The van der Waals surface area contributed by atoms with Gasteiger partial charge in [0.2, 0.25) is 0 Å². The molecule has 0 aliphatic heterocycles. The first-order valence-corrected chi connectivity index (χ1v) is 3.92. The van der Waals surface area contributed by atoms with Crippen LogP contribution in [0, 0.1) is 12.7 Å². The highest BCUT2D eigenvalue weighted by molar-refractivity contribution is 5.26. The molecule has 0 saturated carbocycles. The lowest BCUT2D eigenvalue weighted by Gasteiger charge is -2.04. The molecule has 0 heterocycles. The lowest BCUT2D eigenvalue weighted by molar-refractivity contribution is 0.624. The van der Waals surface area contributed by atoms with Gasteiger partial charge >= 0.3 is 0 Å². The topological polar surface area (TPSA) is 38.0 Å². The van der Waals surface area contributed by atoms with Gasteiger partial charge in [0.1, 0.15) is 5.82 Å². The van der Waals surface area contributed by atoms with Crippen LogP contribution in [0.1, 0.15) is 11.1 Å². The molecule has 0 bridgehead atoms. The van der Waals surface area contributed by atoms with E-state index in [1.807, 2.05) is 6.92 Å². The summed E-state index contributed by atoms with van der Waals surface area (Å²) in [6.07, 6.45) is 0.836. The van der Waals surface area contributed by atoms with Gasteiger partial charge in [0.05, 0.1) is 0 Å². The molecule has 0 aliphatic carbocycles. The fourth-order valence-electron chi connectivity index (χ4n) is 1.15. The highest BCUT2D eigenvalue weighted by Crippen LogP contribution is 2.09. The first-order chi connectivity index (χ1) is 5.74. The van der Waals surface area contributed by atoms with Crippen LogP contribution in [0.3, 0.4) is 0 Å². The van der Waals surface area contributed by atoms with E-state index in [0.717, 1.165) is 17.5 Å². The lowest BCUT2D eigenvalue weighted by Crippen LogP contribution is -2.24. The Morgan fingerprint density at radius 2 is 2.25 bits per heavy atom. The Balaban J connectivity index is 2.72. The molecule has 3 heteroatoms. The number of halogens is 1. The Kier molecular flexibility index (Phi) is 3.19. The molecule has 12 heavy (non-hydrogen) atoms. The quantitative estimate of drug-likeness (QED) is 0.524. The Hall–Kier alpha value is -0.930. The molecule has 66 valence electrons. The molecule has 3 N–H and O–H groups in total. The molecule has 0 amide bonds. The maximum atomic E-state index is 12.6. The van der Waals surface area contributed by atoms with Crippen molar-refractivity contribution in [2.45, 2.75) is 13.3 Å². The van der Waals surface area contributed by atoms with Crippen molar-refractivity contribution in [2.24, 2.45) is 5.84 Å². The molecule has 0 radical (unpaired) electrons. The summed E-state index contributed by atoms with van der Waals surface area (Å²) in [4.78, 5) is 0. The minimum absolute atomic E-state index is 0.183. The fourth-order valence-corrected chi connectivity index (χ4v) is 1.15. The number of benzene rings is 1. The van der Waals surface area contributed by atoms with Crippen molar-refractivity contribution in [3.63, 3.8) is 0 Å². The van der Waals surface area contributed by atoms with Crippen molar-refractivity contribution in [1.82, 2.24) is 5.43 Å². The molecule has 1 aromatic rings. The molecule has 1 rings (SSSR count). The molecule has 0 spiro atoms. The van der Waals surface area contributed by atoms with E-state index in [0.29, 0.717) is 6.54 Å². The second-order valence-electron chi connectivity index (χ2n) is 2.77. The second-order valence-corrected chi connectivity index (χ2v) is 2.77. The number of rotatable bonds is 3. The molecule has 2 nitrogen and oxygen atoms in total. The van der Waals surface area contributed by atoms with Crippen molar-refractivity contribution in [3.8, 4) is 0 Å². The second kappa shape index (κ2) is 4.18. The third-order valence-corrected chi connectivity index (χ3v) is 1.84. The molecular formula is C9H13FN2. The summed E-state index contributed by atoms with van der Waals surface area (Å²) in [5, 5.41) is 0. The predicted octanol–water partition coefficient (Wildman–Crippen LogP) is 1.14. The molecule has 0 aliphatic rings. The van der Waals surface area contributed by atoms with Crippen molar-refractivity contribution in [1.29, 1.82) is 0 Å². The Bertz CT molecular complexity index is 261. The molecule has 0 atom stereocenters. The summed E-state index contributed by atoms with van der Waals surface area (Å²) in [5.41, 5.74) is 4.68. The Morgan fingerprint density at radius 1 is 1.50 bits per heavy atom. The monoisotopic (exact) mass is 168 g/mol. The predicted molar refractivity (Wildman–Crippen MR) is 47.0 cm³/mol. The standard InChI is InChI=1S/C9H13FN2/c1-7-6-9(10)3-2-8(7)4-5-12-11/h2-3,6,12H,4-5,11H2,1H3. The van der Waals surface area contributed by atoms with E-state index >= 15 is 0 Å². The number of hydrogen-bond donors (Lipinski definition) is 2. The van der Waals surface area contributed by atoms with E-state index in [9.17, 15) is 4.39 Å². The summed E-state index contributed by atoms with van der Waals surface area (Å²) in [7, 11) is 0. The lowest BCUT2D eigenvalue weighted by atomic mass is 10.1. The van der Waals surface area contributed by atoms with Gasteiger partial charge in [-0.05, 0) is 36.6 Å². The zero-order valence-electron chi connectivity index (χ0n) is 7.10. The number of aryl methyl sites for hydroxylation is 1. The normalized spacial score (nSPS) is 10.2. The van der Waals surface area contributed by atoms with Gasteiger partial charge < -0.3 is 0 Å². The van der Waals surface area contributed by atoms with E-state index in [-0.39, 0.29) is 5.82 Å². The van der Waals surface area contributed by atoms with Crippen LogP contribution < -0.4 is 11.3 Å². The molecule has 0 fully saturated rings. The highest BCUT2D eigenvalue weighted by Gasteiger charge is 1.98. The summed E-state index contributed by atoms with van der Waals surface area (Å²) in [5.74, 6) is 4.95. The number of nitrogens with two attached hydrogens (primary N) is 1. The molecule has 0 unspecified atom stereocenters. The Labute approximate surface area is 71.6 Å². The van der Waals surface area contributed by atoms with Crippen LogP contribution in [0.2, 0.25) is 0 Å². The van der Waals surface area contributed by atoms with E-state index in [2.05, 4.69) is 5.43 Å². The molecular weight excluding hydrogens is 155 g/mol. The number of hydrogen-bond acceptors (Lipinski definition) is 2. The van der Waals surface area contributed by atoms with Crippen molar-refractivity contribution in [3.05, 3.63) is 35.1 Å². The van der Waals surface area contributed by atoms with Crippen LogP contribution in [-0.2, 0) is 6.42 Å². The SMILES string of the molecule is Cc1cc(F)ccc1CCNN. The molecule has 1 aromatic carbocycles. The van der Waals surface area contributed by atoms with Gasteiger partial charge in [0, 0.05) is 6.54 Å². The zero-order chi connectivity index (χ0) is 8.97. The van der Waals surface area contributed by atoms with Gasteiger partial charge in [-0.25, -0.2) is 4.39 Å². The molecule has 0 saturated heterocycles. The smallest absolute Gasteiger partial charge is 0.123 e. The largest absolute Gasteiger partial charge is 0.271 e. The third kappa shape index (κ3) is 2.29. The van der Waals surface area contributed by atoms with Crippen LogP contribution in [0.25, 0.3) is 0 Å². The molecule has 0 aromatic heterocycles. The van der Waals surface area contributed by atoms with E-state index in [4.69, 9.17) is 5.84 Å². The van der Waals surface area contributed by atoms with Gasteiger partial charge in [0.15, 0.2) is 0 Å². The van der Waals surface area contributed by atoms with Crippen molar-refractivity contribution in [2.75, 3.05) is 6.54 Å². The summed E-state index contributed by atoms with van der Waals surface area (Å²) >= 11 is 0. The number of hydrazine groups is 1. The van der Waals surface area contributed by atoms with Gasteiger partial charge in [-0.3, -0.25) is 11.3 Å². The number of nitrogens with one attached hydrogen (secondary N) is 1. The average molecular weight is 168 g/mol. The summed E-state index contributed by atoms with van der Waals surface area (Å²) in [6.45, 7) is 2.61. The zero-order valence-corrected chi connectivity index (χ0v) is 7.10. The fraction of sp³-hybridized carbons (Fsp3) is 0.333. The first-order valence-electron chi connectivity index (χ1n) is 3.92. The van der Waals surface area contributed by atoms with Crippen molar-refractivity contribution >= 4 is 0 Å². The minimum atomic E-state index is -0.183. The van der Waals surface area contributed by atoms with Crippen molar-refractivity contribution < 1.29 is 4.39 Å². The van der Waals surface area contributed by atoms with Gasteiger partial charge in [-0.15, -0.1) is 0 Å². The van der Waals surface area contributed by atoms with Gasteiger partial charge in [0.25, 0.3) is 0 Å². The maximum absolute atomic E-state index is 12.6. The Morgan fingerprint density at radius 3 is 2.83 bits per heavy atom. The van der Waals surface area contributed by atoms with Crippen LogP contribution in [0.4, 0.5) is 4.39 Å². The van der Waals surface area contributed by atoms with Gasteiger partial charge in [-0.2, -0.15) is 0 Å². The van der Waals surface area contributed by atoms with Gasteiger partial charge in [-0.1, -0.05) is 6.07 Å². The van der Waals surface area contributed by atoms with E-state index in [1.54, 1.807) is 6.07 Å². The van der Waals surface area contributed by atoms with Crippen LogP contribution in [0.5, 0.6) is 0 Å². The van der Waals surface area contributed by atoms with E-state index in [1.165, 1.54) is 12.1 Å². The summed E-state index contributed by atoms with van der Waals surface area (Å²) in [6, 6.07) is 4.80. The average Bonchev–Trinajstić information content (AvgIpc) is 2.03. The van der Waals surface area contributed by atoms with E-state index < -0.39 is 0 Å². The highest BCUT2D eigenvalue weighted by atomic mass is 19.1. The van der Waals surface area contributed by atoms with Crippen LogP contribution in [0.15, 0.2) is 18.2 Å². The minimum Gasteiger partial charge on any atom is -0.271 e. The van der Waals surface area contributed by atoms with Crippen LogP contribution >= 0.6 is 0 Å². The first kappa shape index (κ1) is 9.16. The van der Waals surface area contributed by atoms with Crippen LogP contribution in [-0.4, -0.2) is 6.54 Å².